The molecule has 1 N–H and O–H groups in total. The number of amides is 1. The zero-order valence-corrected chi connectivity index (χ0v) is 18.3. The van der Waals surface area contributed by atoms with Crippen LogP contribution in [-0.2, 0) is 11.3 Å². The van der Waals surface area contributed by atoms with E-state index >= 15 is 0 Å². The Morgan fingerprint density at radius 2 is 1.90 bits per heavy atom. The Morgan fingerprint density at radius 3 is 2.59 bits per heavy atom. The number of carbonyl (C=O) groups is 1. The van der Waals surface area contributed by atoms with E-state index in [9.17, 15) is 4.79 Å². The van der Waals surface area contributed by atoms with Crippen molar-refractivity contribution in [2.24, 2.45) is 0 Å². The van der Waals surface area contributed by atoms with Crippen molar-refractivity contribution in [2.45, 2.75) is 23.8 Å². The van der Waals surface area contributed by atoms with E-state index in [0.717, 1.165) is 26.3 Å². The first-order valence-electron chi connectivity index (χ1n) is 9.20. The standard InChI is InChI=1S/C21H24N4O2S2/c1-15(17-7-5-4-6-8-17)25(2)19(26)14-28-21-24-23-20(29-21)22-13-16-9-11-18(27-3)12-10-16/h4-12,15H,13-14H2,1-3H3,(H,22,23). The number of aromatic nitrogens is 2. The van der Waals surface area contributed by atoms with E-state index in [1.54, 1.807) is 12.0 Å². The Labute approximate surface area is 179 Å². The maximum absolute atomic E-state index is 12.5. The molecule has 3 rings (SSSR count). The van der Waals surface area contributed by atoms with Crippen LogP contribution in [0.15, 0.2) is 58.9 Å². The lowest BCUT2D eigenvalue weighted by Gasteiger charge is -2.25. The maximum atomic E-state index is 12.5. The van der Waals surface area contributed by atoms with Gasteiger partial charge in [-0.15, -0.1) is 10.2 Å². The Morgan fingerprint density at radius 1 is 1.17 bits per heavy atom. The third-order valence-corrected chi connectivity index (χ3v) is 6.58. The maximum Gasteiger partial charge on any atom is 0.233 e. The lowest BCUT2D eigenvalue weighted by molar-refractivity contribution is -0.128. The van der Waals surface area contributed by atoms with E-state index < -0.39 is 0 Å². The van der Waals surface area contributed by atoms with Gasteiger partial charge >= 0.3 is 0 Å². The number of nitrogens with one attached hydrogen (secondary N) is 1. The third-order valence-electron chi connectivity index (χ3n) is 4.58. The zero-order valence-electron chi connectivity index (χ0n) is 16.7. The number of thioether (sulfide) groups is 1. The van der Waals surface area contributed by atoms with E-state index in [0.29, 0.717) is 12.3 Å². The van der Waals surface area contributed by atoms with E-state index in [4.69, 9.17) is 4.74 Å². The van der Waals surface area contributed by atoms with Crippen molar-refractivity contribution in [3.05, 3.63) is 65.7 Å². The minimum atomic E-state index is 0.0282. The molecule has 0 bridgehead atoms. The van der Waals surface area contributed by atoms with Crippen LogP contribution in [0.2, 0.25) is 0 Å². The molecule has 1 aromatic heterocycles. The summed E-state index contributed by atoms with van der Waals surface area (Å²) in [7, 11) is 3.49. The van der Waals surface area contributed by atoms with Crippen molar-refractivity contribution in [1.82, 2.24) is 15.1 Å². The molecule has 1 heterocycles. The predicted octanol–water partition coefficient (Wildman–Crippen LogP) is 4.47. The minimum Gasteiger partial charge on any atom is -0.497 e. The Bertz CT molecular complexity index is 916. The summed E-state index contributed by atoms with van der Waals surface area (Å²) in [5.41, 5.74) is 2.25. The molecule has 0 spiro atoms. The number of hydrogen-bond donors (Lipinski definition) is 1. The number of hydrogen-bond acceptors (Lipinski definition) is 7. The lowest BCUT2D eigenvalue weighted by atomic mass is 10.1. The van der Waals surface area contributed by atoms with Gasteiger partial charge in [-0.3, -0.25) is 4.79 Å². The highest BCUT2D eigenvalue weighted by Gasteiger charge is 2.18. The fourth-order valence-corrected chi connectivity index (χ4v) is 4.33. The Hall–Kier alpha value is -2.58. The van der Waals surface area contributed by atoms with Gasteiger partial charge in [-0.1, -0.05) is 65.6 Å². The fraction of sp³-hybridized carbons (Fsp3) is 0.286. The smallest absolute Gasteiger partial charge is 0.233 e. The van der Waals surface area contributed by atoms with Crippen molar-refractivity contribution in [3.63, 3.8) is 0 Å². The largest absolute Gasteiger partial charge is 0.497 e. The third kappa shape index (κ3) is 5.95. The first-order chi connectivity index (χ1) is 14.1. The van der Waals surface area contributed by atoms with Crippen LogP contribution in [0.4, 0.5) is 5.13 Å². The summed E-state index contributed by atoms with van der Waals surface area (Å²) in [6.45, 7) is 2.68. The Balaban J connectivity index is 1.47. The number of carbonyl (C=O) groups excluding carboxylic acids is 1. The topological polar surface area (TPSA) is 67.3 Å². The van der Waals surface area contributed by atoms with Crippen molar-refractivity contribution >= 4 is 34.1 Å². The predicted molar refractivity (Wildman–Crippen MR) is 119 cm³/mol. The average molecular weight is 429 g/mol. The van der Waals surface area contributed by atoms with Crippen LogP contribution in [0.25, 0.3) is 0 Å². The van der Waals surface area contributed by atoms with Crippen LogP contribution >= 0.6 is 23.1 Å². The van der Waals surface area contributed by atoms with Crippen molar-refractivity contribution < 1.29 is 9.53 Å². The van der Waals surface area contributed by atoms with Crippen molar-refractivity contribution in [1.29, 1.82) is 0 Å². The average Bonchev–Trinajstić information content (AvgIpc) is 3.23. The molecule has 29 heavy (non-hydrogen) atoms. The van der Waals surface area contributed by atoms with E-state index in [1.165, 1.54) is 23.1 Å². The van der Waals surface area contributed by atoms with Gasteiger partial charge in [0.25, 0.3) is 0 Å². The van der Waals surface area contributed by atoms with Crippen molar-refractivity contribution in [3.8, 4) is 5.75 Å². The molecular formula is C21H24N4O2S2. The summed E-state index contributed by atoms with van der Waals surface area (Å²) >= 11 is 2.87. The summed E-state index contributed by atoms with van der Waals surface area (Å²) in [5.74, 6) is 1.23. The van der Waals surface area contributed by atoms with Gasteiger partial charge in [0.05, 0.1) is 18.9 Å². The van der Waals surface area contributed by atoms with Gasteiger partial charge in [0.15, 0.2) is 4.34 Å². The minimum absolute atomic E-state index is 0.0282. The molecule has 0 aliphatic rings. The summed E-state index contributed by atoms with van der Waals surface area (Å²) in [6, 6.07) is 17.9. The fourth-order valence-electron chi connectivity index (χ4n) is 2.66. The second kappa shape index (κ2) is 10.3. The molecule has 0 radical (unpaired) electrons. The molecule has 0 saturated heterocycles. The van der Waals surface area contributed by atoms with Crippen LogP contribution in [0, 0.1) is 0 Å². The molecule has 0 aliphatic carbocycles. The lowest BCUT2D eigenvalue weighted by Crippen LogP contribution is -2.31. The number of methoxy groups -OCH3 is 1. The molecule has 3 aromatic rings. The number of rotatable bonds is 9. The number of ether oxygens (including phenoxy) is 1. The number of nitrogens with zero attached hydrogens (tertiary/aromatic N) is 3. The first kappa shape index (κ1) is 21.1. The van der Waals surface area contributed by atoms with Gasteiger partial charge in [-0.05, 0) is 30.2 Å². The molecule has 0 saturated carbocycles. The summed E-state index contributed by atoms with van der Waals surface area (Å²) in [4.78, 5) is 14.3. The summed E-state index contributed by atoms with van der Waals surface area (Å²) < 4.78 is 5.94. The van der Waals surface area contributed by atoms with Gasteiger partial charge in [0, 0.05) is 13.6 Å². The monoisotopic (exact) mass is 428 g/mol. The zero-order chi connectivity index (χ0) is 20.6. The Kier molecular flexibility index (Phi) is 7.48. The molecule has 0 aliphatic heterocycles. The molecule has 6 nitrogen and oxygen atoms in total. The highest BCUT2D eigenvalue weighted by atomic mass is 32.2. The van der Waals surface area contributed by atoms with Crippen LogP contribution in [0.1, 0.15) is 24.1 Å². The highest BCUT2D eigenvalue weighted by molar-refractivity contribution is 8.01. The molecule has 8 heteroatoms. The van der Waals surface area contributed by atoms with Gasteiger partial charge < -0.3 is 15.0 Å². The van der Waals surface area contributed by atoms with Crippen LogP contribution in [0.3, 0.4) is 0 Å². The SMILES string of the molecule is COc1ccc(CNc2nnc(SCC(=O)N(C)C(C)c3ccccc3)s2)cc1. The highest BCUT2D eigenvalue weighted by Crippen LogP contribution is 2.27. The summed E-state index contributed by atoms with van der Waals surface area (Å²) in [6.07, 6.45) is 0. The summed E-state index contributed by atoms with van der Waals surface area (Å²) in [5, 5.41) is 12.3. The normalized spacial score (nSPS) is 11.7. The first-order valence-corrected chi connectivity index (χ1v) is 11.0. The van der Waals surface area contributed by atoms with Gasteiger partial charge in [-0.25, -0.2) is 0 Å². The second-order valence-corrected chi connectivity index (χ2v) is 8.65. The quantitative estimate of drug-likeness (QED) is 0.507. The van der Waals surface area contributed by atoms with Gasteiger partial charge in [0.2, 0.25) is 11.0 Å². The van der Waals surface area contributed by atoms with E-state index in [2.05, 4.69) is 15.5 Å². The van der Waals surface area contributed by atoms with Crippen LogP contribution in [0.5, 0.6) is 5.75 Å². The van der Waals surface area contributed by atoms with Crippen LogP contribution < -0.4 is 10.1 Å². The van der Waals surface area contributed by atoms with Gasteiger partial charge in [-0.2, -0.15) is 0 Å². The molecule has 1 amide bonds. The molecule has 1 unspecified atom stereocenters. The van der Waals surface area contributed by atoms with Crippen molar-refractivity contribution in [2.75, 3.05) is 25.2 Å². The molecule has 1 atom stereocenters. The molecule has 152 valence electrons. The molecular weight excluding hydrogens is 404 g/mol. The number of benzene rings is 2. The molecule has 2 aromatic carbocycles. The van der Waals surface area contributed by atoms with E-state index in [1.807, 2.05) is 68.6 Å². The van der Waals surface area contributed by atoms with Gasteiger partial charge in [0.1, 0.15) is 5.75 Å². The van der Waals surface area contributed by atoms with Crippen LogP contribution in [-0.4, -0.2) is 40.9 Å². The number of anilines is 1. The van der Waals surface area contributed by atoms with E-state index in [-0.39, 0.29) is 11.9 Å². The molecule has 0 fully saturated rings. The second-order valence-electron chi connectivity index (χ2n) is 6.45.